The summed E-state index contributed by atoms with van der Waals surface area (Å²) in [7, 11) is 0. The first-order valence-electron chi connectivity index (χ1n) is 1.47. The molecule has 0 amide bonds. The molecule has 0 nitrogen and oxygen atoms in total. The van der Waals surface area contributed by atoms with E-state index in [9.17, 15) is 0 Å². The van der Waals surface area contributed by atoms with Crippen LogP contribution >= 0.6 is 11.3 Å². The molecule has 3 heteroatoms. The minimum absolute atomic E-state index is 0. The topological polar surface area (TPSA) is 0 Å². The van der Waals surface area contributed by atoms with Crippen molar-refractivity contribution >= 4 is 70.5 Å². The summed E-state index contributed by atoms with van der Waals surface area (Å²) < 4.78 is 0. The van der Waals surface area contributed by atoms with E-state index < -0.39 is 0 Å². The summed E-state index contributed by atoms with van der Waals surface area (Å²) in [4.78, 5) is 0. The first kappa shape index (κ1) is 11.5. The molecule has 0 saturated carbocycles. The Hall–Kier alpha value is 1.70. The van der Waals surface area contributed by atoms with Gasteiger partial charge < -0.3 is 0 Å². The minimum atomic E-state index is 0. The minimum Gasteiger partial charge on any atom is -0.152 e. The van der Waals surface area contributed by atoms with Crippen LogP contribution in [0.3, 0.4) is 0 Å². The van der Waals surface area contributed by atoms with Crippen molar-refractivity contribution in [2.24, 2.45) is 0 Å². The molecule has 0 fully saturated rings. The molecule has 0 aliphatic carbocycles. The number of hydrogen-bond donors (Lipinski definition) is 0. The van der Waals surface area contributed by atoms with Crippen LogP contribution in [-0.2, 0) is 0 Å². The average Bonchev–Trinajstić information content (AvgIpc) is 1.76. The van der Waals surface area contributed by atoms with E-state index in [4.69, 9.17) is 0 Å². The summed E-state index contributed by atoms with van der Waals surface area (Å²) in [6, 6.07) is 4.04. The van der Waals surface area contributed by atoms with Gasteiger partial charge in [0, 0.05) is 0 Å². The third-order valence-corrected chi connectivity index (χ3v) is 1.05. The van der Waals surface area contributed by atoms with E-state index >= 15 is 0 Å². The number of rotatable bonds is 0. The summed E-state index contributed by atoms with van der Waals surface area (Å²) >= 11 is 1.71. The molecule has 1 rings (SSSR count). The largest absolute Gasteiger partial charge is 0.152 e. The van der Waals surface area contributed by atoms with Crippen LogP contribution in [-0.4, -0.2) is 59.1 Å². The zero-order valence-electron chi connectivity index (χ0n) is 2.72. The Balaban J connectivity index is 0. The fraction of sp³-hybridized carbons (Fsp3) is 0. The van der Waals surface area contributed by atoms with Crippen LogP contribution in [0.25, 0.3) is 0 Å². The van der Waals surface area contributed by atoms with Crippen LogP contribution in [0, 0.1) is 0 Å². The van der Waals surface area contributed by atoms with Gasteiger partial charge in [0.2, 0.25) is 0 Å². The first-order valence-corrected chi connectivity index (χ1v) is 2.41. The molecule has 1 aromatic heterocycles. The molecule has 0 bridgehead atoms. The zero-order valence-corrected chi connectivity index (χ0v) is 3.53. The smallest absolute Gasteiger partial charge is 0.00934 e. The maximum atomic E-state index is 2.04. The van der Waals surface area contributed by atoms with Crippen LogP contribution in [0.2, 0.25) is 0 Å². The molecule has 0 spiro atoms. The van der Waals surface area contributed by atoms with Gasteiger partial charge in [-0.1, -0.05) is 12.1 Å². The van der Waals surface area contributed by atoms with Crippen molar-refractivity contribution in [3.63, 3.8) is 0 Å². The van der Waals surface area contributed by atoms with E-state index in [1.165, 1.54) is 0 Å². The Morgan fingerprint density at radius 1 is 0.857 bits per heavy atom. The van der Waals surface area contributed by atoms with Gasteiger partial charge >= 0.3 is 59.1 Å². The fourth-order valence-corrected chi connectivity index (χ4v) is 0.680. The van der Waals surface area contributed by atoms with Crippen LogP contribution in [0.1, 0.15) is 0 Å². The second kappa shape index (κ2) is 7.70. The molecule has 0 aliphatic heterocycles. The molecular weight excluding hydrogens is 126 g/mol. The molecular formula is C4H6Na2S. The standard InChI is InChI=1S/C4H4S.2Na.2H/c1-2-4-5-3-1;;;;/h1-4H;;;;. The molecule has 1 aromatic rings. The van der Waals surface area contributed by atoms with E-state index in [0.29, 0.717) is 0 Å². The second-order valence-electron chi connectivity index (χ2n) is 0.793. The van der Waals surface area contributed by atoms with E-state index in [1.54, 1.807) is 11.3 Å². The summed E-state index contributed by atoms with van der Waals surface area (Å²) in [6.45, 7) is 0. The number of hydrogen-bond acceptors (Lipinski definition) is 1. The molecule has 0 radical (unpaired) electrons. The normalized spacial score (nSPS) is 5.71. The van der Waals surface area contributed by atoms with Crippen molar-refractivity contribution < 1.29 is 0 Å². The van der Waals surface area contributed by atoms with Crippen molar-refractivity contribution in [2.45, 2.75) is 0 Å². The van der Waals surface area contributed by atoms with Crippen molar-refractivity contribution in [1.82, 2.24) is 0 Å². The molecule has 0 unspecified atom stereocenters. The zero-order chi connectivity index (χ0) is 3.54. The third kappa shape index (κ3) is 5.57. The summed E-state index contributed by atoms with van der Waals surface area (Å²) in [5, 5.41) is 4.08. The Labute approximate surface area is 91.9 Å². The Kier molecular flexibility index (Phi) is 12.6. The molecule has 30 valence electrons. The van der Waals surface area contributed by atoms with Gasteiger partial charge in [0.1, 0.15) is 0 Å². The van der Waals surface area contributed by atoms with Gasteiger partial charge in [-0.15, -0.1) is 0 Å². The molecule has 0 saturated heterocycles. The van der Waals surface area contributed by atoms with Crippen molar-refractivity contribution in [3.05, 3.63) is 22.9 Å². The first-order chi connectivity index (χ1) is 2.50. The third-order valence-electron chi connectivity index (χ3n) is 0.425. The van der Waals surface area contributed by atoms with E-state index in [2.05, 4.69) is 0 Å². The Morgan fingerprint density at radius 2 is 1.29 bits per heavy atom. The van der Waals surface area contributed by atoms with Gasteiger partial charge in [-0.3, -0.25) is 0 Å². The van der Waals surface area contributed by atoms with Crippen LogP contribution in [0.5, 0.6) is 0 Å². The Morgan fingerprint density at radius 3 is 1.43 bits per heavy atom. The maximum Gasteiger partial charge on any atom is -0.00934 e. The summed E-state index contributed by atoms with van der Waals surface area (Å²) in [6.07, 6.45) is 0. The second-order valence-corrected chi connectivity index (χ2v) is 1.61. The van der Waals surface area contributed by atoms with Gasteiger partial charge in [0.25, 0.3) is 0 Å². The predicted octanol–water partition coefficient (Wildman–Crippen LogP) is 0.451. The predicted molar refractivity (Wildman–Crippen MR) is 38.6 cm³/mol. The van der Waals surface area contributed by atoms with Crippen LogP contribution in [0.15, 0.2) is 22.9 Å². The summed E-state index contributed by atoms with van der Waals surface area (Å²) in [5.41, 5.74) is 0. The van der Waals surface area contributed by atoms with E-state index in [1.807, 2.05) is 22.9 Å². The van der Waals surface area contributed by atoms with Crippen molar-refractivity contribution in [3.8, 4) is 0 Å². The van der Waals surface area contributed by atoms with Crippen LogP contribution < -0.4 is 0 Å². The van der Waals surface area contributed by atoms with Gasteiger partial charge in [-0.25, -0.2) is 0 Å². The fourth-order valence-electron chi connectivity index (χ4n) is 0.227. The number of thiophene rings is 1. The van der Waals surface area contributed by atoms with E-state index in [-0.39, 0.29) is 59.1 Å². The van der Waals surface area contributed by atoms with Gasteiger partial charge in [-0.2, -0.15) is 11.3 Å². The van der Waals surface area contributed by atoms with Crippen molar-refractivity contribution in [2.75, 3.05) is 0 Å². The molecule has 1 heterocycles. The SMILES string of the molecule is [NaH].[NaH].c1ccsc1. The van der Waals surface area contributed by atoms with Gasteiger partial charge in [0.15, 0.2) is 0 Å². The molecule has 0 N–H and O–H groups in total. The molecule has 7 heavy (non-hydrogen) atoms. The van der Waals surface area contributed by atoms with Crippen LogP contribution in [0.4, 0.5) is 0 Å². The van der Waals surface area contributed by atoms with E-state index in [0.717, 1.165) is 0 Å². The van der Waals surface area contributed by atoms with Gasteiger partial charge in [0.05, 0.1) is 0 Å². The van der Waals surface area contributed by atoms with Crippen molar-refractivity contribution in [1.29, 1.82) is 0 Å². The quantitative estimate of drug-likeness (QED) is 0.450. The van der Waals surface area contributed by atoms with Gasteiger partial charge in [-0.05, 0) is 10.8 Å². The summed E-state index contributed by atoms with van der Waals surface area (Å²) in [5.74, 6) is 0. The Bertz CT molecular complexity index is 66.2. The average molecular weight is 132 g/mol. The molecule has 0 aromatic carbocycles. The monoisotopic (exact) mass is 132 g/mol. The maximum absolute atomic E-state index is 2.04. The molecule has 0 aliphatic rings. The molecule has 0 atom stereocenters.